The second kappa shape index (κ2) is 13.7. The Balaban J connectivity index is 1.57. The molecule has 0 saturated carbocycles. The van der Waals surface area contributed by atoms with Crippen LogP contribution in [0.25, 0.3) is 21.0 Å². The third-order valence-electron chi connectivity index (χ3n) is 6.03. The fourth-order valence-electron chi connectivity index (χ4n) is 4.25. The number of hydrogen-bond acceptors (Lipinski definition) is 9. The highest BCUT2D eigenvalue weighted by molar-refractivity contribution is 7.89. The number of hydrogen-bond donors (Lipinski definition) is 3. The van der Waals surface area contributed by atoms with Crippen molar-refractivity contribution in [1.29, 1.82) is 0 Å². The Morgan fingerprint density at radius 1 is 1.00 bits per heavy atom. The second-order valence-corrected chi connectivity index (χ2v) is 14.0. The molecule has 0 aliphatic carbocycles. The first-order chi connectivity index (χ1) is 20.3. The summed E-state index contributed by atoms with van der Waals surface area (Å²) in [5, 5.41) is 5.97. The van der Waals surface area contributed by atoms with E-state index in [-0.39, 0.29) is 23.3 Å². The van der Waals surface area contributed by atoms with E-state index in [1.165, 1.54) is 17.4 Å². The fraction of sp³-hybridized carbons (Fsp3) is 0.400. The van der Waals surface area contributed by atoms with Gasteiger partial charge in [0, 0.05) is 46.5 Å². The molecule has 0 atom stereocenters. The van der Waals surface area contributed by atoms with Crippen LogP contribution < -0.4 is 15.4 Å². The predicted octanol–water partition coefficient (Wildman–Crippen LogP) is 6.68. The van der Waals surface area contributed by atoms with Crippen LogP contribution in [-0.2, 0) is 19.5 Å². The monoisotopic (exact) mass is 627 g/mol. The van der Waals surface area contributed by atoms with Gasteiger partial charge in [0.15, 0.2) is 0 Å². The molecule has 1 aliphatic rings. The highest BCUT2D eigenvalue weighted by Gasteiger charge is 2.27. The van der Waals surface area contributed by atoms with E-state index in [9.17, 15) is 18.0 Å². The van der Waals surface area contributed by atoms with Gasteiger partial charge in [-0.15, -0.1) is 11.3 Å². The van der Waals surface area contributed by atoms with E-state index < -0.39 is 27.7 Å². The molecule has 3 aromatic rings. The highest BCUT2D eigenvalue weighted by Crippen LogP contribution is 2.37. The van der Waals surface area contributed by atoms with Crippen molar-refractivity contribution in [2.75, 3.05) is 23.8 Å². The van der Waals surface area contributed by atoms with Gasteiger partial charge in [-0.1, -0.05) is 6.07 Å². The molecule has 230 valence electrons. The summed E-state index contributed by atoms with van der Waals surface area (Å²) >= 11 is 1.32. The van der Waals surface area contributed by atoms with Crippen LogP contribution >= 0.6 is 11.3 Å². The van der Waals surface area contributed by atoms with Gasteiger partial charge in [-0.25, -0.2) is 27.7 Å². The molecule has 4 rings (SSSR count). The van der Waals surface area contributed by atoms with Gasteiger partial charge < -0.3 is 9.47 Å². The Bertz CT molecular complexity index is 1590. The molecule has 2 aromatic carbocycles. The summed E-state index contributed by atoms with van der Waals surface area (Å²) in [6, 6.07) is 11.8. The van der Waals surface area contributed by atoms with Crippen molar-refractivity contribution in [2.24, 2.45) is 4.99 Å². The van der Waals surface area contributed by atoms with Gasteiger partial charge in [-0.2, -0.15) is 0 Å². The first-order valence-corrected chi connectivity index (χ1v) is 16.3. The molecule has 0 bridgehead atoms. The number of carbonyl (C=O) groups is 2. The van der Waals surface area contributed by atoms with Crippen molar-refractivity contribution in [3.8, 4) is 21.0 Å². The zero-order valence-corrected chi connectivity index (χ0v) is 26.5. The summed E-state index contributed by atoms with van der Waals surface area (Å²) in [7, 11) is -4.00. The molecule has 0 fully saturated rings. The summed E-state index contributed by atoms with van der Waals surface area (Å²) < 4.78 is 40.2. The number of sulfonamides is 1. The quantitative estimate of drug-likeness (QED) is 0.240. The number of benzene rings is 2. The van der Waals surface area contributed by atoms with Gasteiger partial charge in [-0.05, 0) is 90.3 Å². The van der Waals surface area contributed by atoms with E-state index in [0.717, 1.165) is 37.1 Å². The van der Waals surface area contributed by atoms with Crippen LogP contribution in [0, 0.1) is 0 Å². The Labute approximate surface area is 256 Å². The number of nitrogens with zero attached hydrogens (tertiary/aromatic N) is 2. The zero-order valence-electron chi connectivity index (χ0n) is 24.9. The molecule has 2 heterocycles. The van der Waals surface area contributed by atoms with Crippen LogP contribution in [0.5, 0.6) is 0 Å². The topological polar surface area (TPSA) is 148 Å². The summed E-state index contributed by atoms with van der Waals surface area (Å²) in [6.45, 7) is 9.64. The van der Waals surface area contributed by atoms with E-state index in [1.807, 2.05) is 12.1 Å². The van der Waals surface area contributed by atoms with Crippen molar-refractivity contribution in [1.82, 2.24) is 9.71 Å². The Hall–Kier alpha value is -3.81. The largest absolute Gasteiger partial charge is 0.447 e. The molecule has 1 aliphatic heterocycles. The number of aliphatic imine (C=N–C) groups is 1. The van der Waals surface area contributed by atoms with Crippen molar-refractivity contribution < 1.29 is 27.5 Å². The summed E-state index contributed by atoms with van der Waals surface area (Å²) in [5.74, 6) is 0. The van der Waals surface area contributed by atoms with Gasteiger partial charge in [0.2, 0.25) is 10.0 Å². The normalized spacial score (nSPS) is 13.8. The lowest BCUT2D eigenvalue weighted by molar-refractivity contribution is 0.130. The number of carbonyl (C=O) groups excluding carboxylic acids is 2. The molecule has 13 heteroatoms. The van der Waals surface area contributed by atoms with E-state index >= 15 is 0 Å². The average molecular weight is 628 g/mol. The zero-order chi connectivity index (χ0) is 31.2. The van der Waals surface area contributed by atoms with Crippen molar-refractivity contribution in [2.45, 2.75) is 70.4 Å². The molecular weight excluding hydrogens is 590 g/mol. The number of aromatic nitrogens is 1. The number of amides is 2. The van der Waals surface area contributed by atoms with E-state index in [4.69, 9.17) is 9.47 Å². The molecule has 3 N–H and O–H groups in total. The standard InChI is InChI=1S/C30H37N5O6S2/c1-19(2)41-29(37)33-21-11-9-20(10-12-21)27-32-17-25(42-27)24-14-13-22(16-26(24)43(38,39)35-30(3,4)5)34-28(36)40-18-23-8-6-7-15-31-23/h9-14,16-17,19,35H,6-8,15,18H2,1-5H3,(H,33,37)(H,34,36). The lowest BCUT2D eigenvalue weighted by Crippen LogP contribution is -2.40. The van der Waals surface area contributed by atoms with Crippen LogP contribution in [0.4, 0.5) is 21.0 Å². The number of nitrogens with one attached hydrogen (secondary N) is 3. The summed E-state index contributed by atoms with van der Waals surface area (Å²) in [4.78, 5) is 33.9. The summed E-state index contributed by atoms with van der Waals surface area (Å²) in [5.41, 5.74) is 2.18. The van der Waals surface area contributed by atoms with Gasteiger partial charge in [0.25, 0.3) is 0 Å². The molecule has 0 saturated heterocycles. The lowest BCUT2D eigenvalue weighted by atomic mass is 10.1. The van der Waals surface area contributed by atoms with Gasteiger partial charge in [0.05, 0.1) is 15.9 Å². The molecule has 0 spiro atoms. The van der Waals surface area contributed by atoms with E-state index in [2.05, 4.69) is 25.3 Å². The minimum atomic E-state index is -4.00. The van der Waals surface area contributed by atoms with Gasteiger partial charge >= 0.3 is 12.2 Å². The average Bonchev–Trinajstić information content (AvgIpc) is 3.41. The molecule has 11 nitrogen and oxygen atoms in total. The smallest absolute Gasteiger partial charge is 0.411 e. The maximum absolute atomic E-state index is 13.6. The molecule has 1 aromatic heterocycles. The molecular formula is C30H37N5O6S2. The third-order valence-corrected chi connectivity index (χ3v) is 8.91. The second-order valence-electron chi connectivity index (χ2n) is 11.4. The minimum Gasteiger partial charge on any atom is -0.447 e. The molecule has 43 heavy (non-hydrogen) atoms. The van der Waals surface area contributed by atoms with Crippen molar-refractivity contribution >= 4 is 50.6 Å². The Morgan fingerprint density at radius 3 is 2.35 bits per heavy atom. The van der Waals surface area contributed by atoms with Crippen LogP contribution in [0.3, 0.4) is 0 Å². The highest BCUT2D eigenvalue weighted by atomic mass is 32.2. The van der Waals surface area contributed by atoms with Crippen LogP contribution in [-0.4, -0.2) is 56.1 Å². The maximum Gasteiger partial charge on any atom is 0.411 e. The number of ether oxygens (including phenoxy) is 2. The third kappa shape index (κ3) is 9.34. The lowest BCUT2D eigenvalue weighted by Gasteiger charge is -2.22. The number of anilines is 2. The predicted molar refractivity (Wildman–Crippen MR) is 169 cm³/mol. The van der Waals surface area contributed by atoms with Crippen LogP contribution in [0.15, 0.2) is 58.5 Å². The molecule has 2 amide bonds. The van der Waals surface area contributed by atoms with Gasteiger partial charge in [-0.3, -0.25) is 15.6 Å². The van der Waals surface area contributed by atoms with Crippen LogP contribution in [0.1, 0.15) is 53.9 Å². The molecule has 0 unspecified atom stereocenters. The van der Waals surface area contributed by atoms with Crippen molar-refractivity contribution in [3.05, 3.63) is 48.7 Å². The first kappa shape index (κ1) is 32.1. The van der Waals surface area contributed by atoms with E-state index in [1.54, 1.807) is 65.1 Å². The first-order valence-electron chi connectivity index (χ1n) is 14.0. The van der Waals surface area contributed by atoms with Crippen molar-refractivity contribution in [3.63, 3.8) is 0 Å². The van der Waals surface area contributed by atoms with E-state index in [0.29, 0.717) is 21.1 Å². The molecule has 0 radical (unpaired) electrons. The Morgan fingerprint density at radius 2 is 1.70 bits per heavy atom. The minimum absolute atomic E-state index is 0.00436. The Kier molecular flexibility index (Phi) is 10.2. The fourth-order valence-corrected chi connectivity index (χ4v) is 6.94. The maximum atomic E-state index is 13.6. The summed E-state index contributed by atoms with van der Waals surface area (Å²) in [6.07, 6.45) is 3.00. The van der Waals surface area contributed by atoms with Crippen LogP contribution in [0.2, 0.25) is 0 Å². The number of thiazole rings is 1. The number of rotatable bonds is 9. The van der Waals surface area contributed by atoms with Gasteiger partial charge in [0.1, 0.15) is 11.6 Å². The SMILES string of the molecule is CC(C)OC(=O)Nc1ccc(-c2ncc(-c3ccc(NC(=O)OCC4=NCCCC4)cc3S(=O)(=O)NC(C)(C)C)s2)cc1.